The van der Waals surface area contributed by atoms with Crippen LogP contribution < -0.4 is 0 Å². The molecule has 0 saturated carbocycles. The number of pyridine rings is 2. The summed E-state index contributed by atoms with van der Waals surface area (Å²) in [4.78, 5) is 18.2. The molecule has 0 atom stereocenters. The molecule has 0 unspecified atom stereocenters. The van der Waals surface area contributed by atoms with E-state index in [9.17, 15) is 4.39 Å². The lowest BCUT2D eigenvalue weighted by atomic mass is 9.80. The normalized spacial score (nSPS) is 12.8. The van der Waals surface area contributed by atoms with Gasteiger partial charge in [0.25, 0.3) is 0 Å². The molecule has 0 aliphatic carbocycles. The Labute approximate surface area is 185 Å². The maximum atomic E-state index is 13.3. The van der Waals surface area contributed by atoms with E-state index >= 15 is 0 Å². The smallest absolute Gasteiger partial charge is 0.141 e. The van der Waals surface area contributed by atoms with Gasteiger partial charge in [-0.15, -0.1) is 0 Å². The third-order valence-corrected chi connectivity index (χ3v) is 5.59. The van der Waals surface area contributed by atoms with Crippen LogP contribution in [0.1, 0.15) is 76.9 Å². The SMILES string of the molecule is CC(C)(C)c1nccc(CC(C)(C)c2cc(CC(C)(C)c3ccc(F)cn3)ccn2)n1. The first kappa shape index (κ1) is 23.0. The summed E-state index contributed by atoms with van der Waals surface area (Å²) in [5.41, 5.74) is 3.63. The molecule has 3 heterocycles. The van der Waals surface area contributed by atoms with Gasteiger partial charge in [0.05, 0.1) is 6.20 Å². The quantitative estimate of drug-likeness (QED) is 0.510. The molecule has 0 fully saturated rings. The van der Waals surface area contributed by atoms with Crippen LogP contribution in [0.15, 0.2) is 48.9 Å². The molecule has 0 saturated heterocycles. The fraction of sp³-hybridized carbons (Fsp3) is 0.462. The Morgan fingerprint density at radius 2 is 1.42 bits per heavy atom. The second-order valence-corrected chi connectivity index (χ2v) is 10.7. The molecule has 0 N–H and O–H groups in total. The van der Waals surface area contributed by atoms with E-state index in [1.54, 1.807) is 6.07 Å². The maximum Gasteiger partial charge on any atom is 0.141 e. The van der Waals surface area contributed by atoms with Gasteiger partial charge in [-0.3, -0.25) is 9.97 Å². The van der Waals surface area contributed by atoms with Gasteiger partial charge in [-0.05, 0) is 42.3 Å². The molecule has 164 valence electrons. The third-order valence-electron chi connectivity index (χ3n) is 5.59. The van der Waals surface area contributed by atoms with Gasteiger partial charge >= 0.3 is 0 Å². The zero-order chi connectivity index (χ0) is 22.9. The zero-order valence-electron chi connectivity index (χ0n) is 19.7. The first-order valence-corrected chi connectivity index (χ1v) is 10.8. The Morgan fingerprint density at radius 1 is 0.742 bits per heavy atom. The lowest BCUT2D eigenvalue weighted by molar-refractivity contribution is 0.481. The van der Waals surface area contributed by atoms with Crippen molar-refractivity contribution >= 4 is 0 Å². The minimum Gasteiger partial charge on any atom is -0.261 e. The Bertz CT molecular complexity index is 1030. The molecule has 0 amide bonds. The van der Waals surface area contributed by atoms with Crippen molar-refractivity contribution in [2.45, 2.75) is 77.6 Å². The van der Waals surface area contributed by atoms with Crippen molar-refractivity contribution in [1.82, 2.24) is 19.9 Å². The molecule has 0 radical (unpaired) electrons. The summed E-state index contributed by atoms with van der Waals surface area (Å²) >= 11 is 0. The molecule has 3 aromatic rings. The Hall–Kier alpha value is -2.69. The Balaban J connectivity index is 1.82. The van der Waals surface area contributed by atoms with Crippen molar-refractivity contribution in [3.63, 3.8) is 0 Å². The minimum absolute atomic E-state index is 0.0850. The van der Waals surface area contributed by atoms with Crippen molar-refractivity contribution in [3.05, 3.63) is 83.2 Å². The summed E-state index contributed by atoms with van der Waals surface area (Å²) < 4.78 is 13.3. The summed E-state index contributed by atoms with van der Waals surface area (Å²) in [5.74, 6) is 0.544. The highest BCUT2D eigenvalue weighted by Crippen LogP contribution is 2.30. The van der Waals surface area contributed by atoms with Crippen LogP contribution in [0.25, 0.3) is 0 Å². The number of hydrogen-bond acceptors (Lipinski definition) is 4. The summed E-state index contributed by atoms with van der Waals surface area (Å²) in [6.45, 7) is 15.0. The number of nitrogens with zero attached hydrogens (tertiary/aromatic N) is 4. The predicted octanol–water partition coefficient (Wildman–Crippen LogP) is 5.74. The lowest BCUT2D eigenvalue weighted by Crippen LogP contribution is -2.25. The maximum absolute atomic E-state index is 13.3. The van der Waals surface area contributed by atoms with Crippen LogP contribution in [0, 0.1) is 5.82 Å². The van der Waals surface area contributed by atoms with E-state index in [2.05, 4.69) is 69.5 Å². The summed E-state index contributed by atoms with van der Waals surface area (Å²) in [5, 5.41) is 0. The molecule has 0 aliphatic rings. The van der Waals surface area contributed by atoms with Crippen LogP contribution in [-0.4, -0.2) is 19.9 Å². The van der Waals surface area contributed by atoms with E-state index in [0.717, 1.165) is 35.7 Å². The van der Waals surface area contributed by atoms with Crippen molar-refractivity contribution < 1.29 is 4.39 Å². The van der Waals surface area contributed by atoms with Crippen LogP contribution >= 0.6 is 0 Å². The van der Waals surface area contributed by atoms with Gasteiger partial charge in [0.15, 0.2) is 0 Å². The van der Waals surface area contributed by atoms with Gasteiger partial charge in [-0.1, -0.05) is 48.5 Å². The van der Waals surface area contributed by atoms with Crippen LogP contribution in [0.5, 0.6) is 0 Å². The topological polar surface area (TPSA) is 51.6 Å². The fourth-order valence-electron chi connectivity index (χ4n) is 3.73. The average Bonchev–Trinajstić information content (AvgIpc) is 2.67. The monoisotopic (exact) mass is 420 g/mol. The predicted molar refractivity (Wildman–Crippen MR) is 123 cm³/mol. The van der Waals surface area contributed by atoms with Crippen LogP contribution in [0.2, 0.25) is 0 Å². The van der Waals surface area contributed by atoms with E-state index in [1.165, 1.54) is 17.8 Å². The second-order valence-electron chi connectivity index (χ2n) is 10.7. The highest BCUT2D eigenvalue weighted by Gasteiger charge is 2.27. The summed E-state index contributed by atoms with van der Waals surface area (Å²) in [6.07, 6.45) is 6.57. The highest BCUT2D eigenvalue weighted by molar-refractivity contribution is 5.28. The molecule has 0 aromatic carbocycles. The van der Waals surface area contributed by atoms with Crippen molar-refractivity contribution in [2.75, 3.05) is 0 Å². The summed E-state index contributed by atoms with van der Waals surface area (Å²) in [6, 6.07) is 9.45. The van der Waals surface area contributed by atoms with E-state index in [4.69, 9.17) is 4.98 Å². The molecule has 3 aromatic heterocycles. The standard InChI is InChI=1S/C26H33FN4/c1-24(2,3)23-29-13-11-20(31-23)16-26(6,7)22-14-18(10-12-28-22)15-25(4,5)21-9-8-19(27)17-30-21/h8-14,17H,15-16H2,1-7H3. The number of halogens is 1. The van der Waals surface area contributed by atoms with E-state index in [-0.39, 0.29) is 22.1 Å². The molecule has 4 nitrogen and oxygen atoms in total. The first-order chi connectivity index (χ1) is 14.4. The number of hydrogen-bond donors (Lipinski definition) is 0. The molecule has 0 spiro atoms. The molecular weight excluding hydrogens is 387 g/mol. The van der Waals surface area contributed by atoms with Gasteiger partial charge in [-0.25, -0.2) is 14.4 Å². The Kier molecular flexibility index (Phi) is 6.26. The molecule has 0 bridgehead atoms. The highest BCUT2D eigenvalue weighted by atomic mass is 19.1. The van der Waals surface area contributed by atoms with E-state index in [1.807, 2.05) is 24.5 Å². The number of aromatic nitrogens is 4. The van der Waals surface area contributed by atoms with Gasteiger partial charge in [-0.2, -0.15) is 0 Å². The van der Waals surface area contributed by atoms with Gasteiger partial charge < -0.3 is 0 Å². The van der Waals surface area contributed by atoms with Crippen LogP contribution in [0.4, 0.5) is 4.39 Å². The first-order valence-electron chi connectivity index (χ1n) is 10.8. The molecule has 0 aliphatic heterocycles. The zero-order valence-corrected chi connectivity index (χ0v) is 19.7. The second kappa shape index (κ2) is 8.45. The van der Waals surface area contributed by atoms with E-state index < -0.39 is 0 Å². The average molecular weight is 421 g/mol. The minimum atomic E-state index is -0.313. The molecular formula is C26H33FN4. The van der Waals surface area contributed by atoms with Crippen molar-refractivity contribution in [3.8, 4) is 0 Å². The van der Waals surface area contributed by atoms with Crippen LogP contribution in [0.3, 0.4) is 0 Å². The lowest BCUT2D eigenvalue weighted by Gasteiger charge is -2.27. The summed E-state index contributed by atoms with van der Waals surface area (Å²) in [7, 11) is 0. The fourth-order valence-corrected chi connectivity index (χ4v) is 3.73. The molecule has 3 rings (SSSR count). The van der Waals surface area contributed by atoms with Crippen molar-refractivity contribution in [1.29, 1.82) is 0 Å². The molecule has 5 heteroatoms. The third kappa shape index (κ3) is 5.72. The molecule has 31 heavy (non-hydrogen) atoms. The van der Waals surface area contributed by atoms with Gasteiger partial charge in [0, 0.05) is 52.1 Å². The number of rotatable bonds is 6. The van der Waals surface area contributed by atoms with Gasteiger partial charge in [0.2, 0.25) is 0 Å². The van der Waals surface area contributed by atoms with Crippen LogP contribution in [-0.2, 0) is 29.1 Å². The Morgan fingerprint density at radius 3 is 2.06 bits per heavy atom. The van der Waals surface area contributed by atoms with Gasteiger partial charge in [0.1, 0.15) is 11.6 Å². The van der Waals surface area contributed by atoms with E-state index in [0.29, 0.717) is 0 Å². The van der Waals surface area contributed by atoms with Crippen molar-refractivity contribution in [2.24, 2.45) is 0 Å². The largest absolute Gasteiger partial charge is 0.261 e.